The van der Waals surface area contributed by atoms with Crippen LogP contribution in [0.5, 0.6) is 0 Å². The molecule has 0 aliphatic heterocycles. The van der Waals surface area contributed by atoms with Gasteiger partial charge in [0.05, 0.1) is 10.6 Å². The molecule has 118 valence electrons. The highest BCUT2D eigenvalue weighted by molar-refractivity contribution is 14.1. The van der Waals surface area contributed by atoms with Crippen LogP contribution in [0.2, 0.25) is 0 Å². The number of aliphatic imine (C=N–C) groups is 1. The first-order chi connectivity index (χ1) is 11.2. The lowest BCUT2D eigenvalue weighted by Crippen LogP contribution is -2.34. The first-order valence-corrected chi connectivity index (χ1v) is 8.41. The van der Waals surface area contributed by atoms with Gasteiger partial charge in [-0.1, -0.05) is 71.1 Å². The zero-order valence-corrected chi connectivity index (χ0v) is 14.5. The van der Waals surface area contributed by atoms with Gasteiger partial charge in [0.2, 0.25) is 0 Å². The van der Waals surface area contributed by atoms with Gasteiger partial charge in [0, 0.05) is 11.1 Å². The molecule has 6 heteroatoms. The van der Waals surface area contributed by atoms with Crippen LogP contribution in [-0.4, -0.2) is 28.5 Å². The van der Waals surface area contributed by atoms with Crippen LogP contribution in [0.15, 0.2) is 53.5 Å². The quantitative estimate of drug-likeness (QED) is 0.109. The smallest absolute Gasteiger partial charge is 0.150 e. The number of rotatable bonds is 7. The summed E-state index contributed by atoms with van der Waals surface area (Å²) in [6.45, 7) is 0. The predicted octanol–water partition coefficient (Wildman–Crippen LogP) is 3.00. The van der Waals surface area contributed by atoms with Gasteiger partial charge in [-0.05, 0) is 11.1 Å². The van der Waals surface area contributed by atoms with E-state index in [-0.39, 0.29) is 6.04 Å². The normalized spacial score (nSPS) is 10.9. The van der Waals surface area contributed by atoms with Crippen LogP contribution in [0.3, 0.4) is 0 Å². The van der Waals surface area contributed by atoms with E-state index in [0.29, 0.717) is 15.7 Å². The maximum atomic E-state index is 10.8. The van der Waals surface area contributed by atoms with Crippen LogP contribution >= 0.6 is 22.6 Å². The Morgan fingerprint density at radius 1 is 0.957 bits per heavy atom. The van der Waals surface area contributed by atoms with Crippen molar-refractivity contribution in [3.8, 4) is 0 Å². The highest BCUT2D eigenvalue weighted by atomic mass is 127. The maximum absolute atomic E-state index is 10.8. The number of carbonyl (C=O) groups is 2. The van der Waals surface area contributed by atoms with Crippen molar-refractivity contribution < 1.29 is 9.59 Å². The molecular formula is C17H16IN3O2. The molecule has 0 aliphatic carbocycles. The summed E-state index contributed by atoms with van der Waals surface area (Å²) in [4.78, 5) is 25.8. The lowest BCUT2D eigenvalue weighted by Gasteiger charge is -2.26. The number of halogens is 1. The summed E-state index contributed by atoms with van der Waals surface area (Å²) >= 11 is 2.13. The number of hydrogen-bond acceptors (Lipinski definition) is 4. The number of aldehydes is 2. The van der Waals surface area contributed by atoms with E-state index in [1.165, 1.54) is 5.01 Å². The molecule has 5 nitrogen and oxygen atoms in total. The van der Waals surface area contributed by atoms with Crippen LogP contribution in [0, 0.1) is 0 Å². The third-order valence-corrected chi connectivity index (χ3v) is 3.75. The summed E-state index contributed by atoms with van der Waals surface area (Å²) in [6.07, 6.45) is 3.18. The molecule has 0 saturated heterocycles. The Morgan fingerprint density at radius 3 is 1.74 bits per heavy atom. The summed E-state index contributed by atoms with van der Waals surface area (Å²) < 4.78 is 0.604. The third kappa shape index (κ3) is 4.46. The van der Waals surface area contributed by atoms with E-state index >= 15 is 0 Å². The molecule has 2 aromatic rings. The molecule has 0 radical (unpaired) electrons. The second kappa shape index (κ2) is 8.54. The number of benzene rings is 2. The maximum Gasteiger partial charge on any atom is 0.150 e. The molecule has 0 aliphatic rings. The second-order valence-electron chi connectivity index (χ2n) is 4.84. The van der Waals surface area contributed by atoms with Gasteiger partial charge in [-0.2, -0.15) is 0 Å². The van der Waals surface area contributed by atoms with E-state index in [9.17, 15) is 9.59 Å². The van der Waals surface area contributed by atoms with Crippen molar-refractivity contribution in [2.24, 2.45) is 10.8 Å². The number of alkyl halides is 1. The molecule has 0 spiro atoms. The van der Waals surface area contributed by atoms with Gasteiger partial charge in [0.25, 0.3) is 0 Å². The monoisotopic (exact) mass is 421 g/mol. The van der Waals surface area contributed by atoms with Crippen molar-refractivity contribution in [3.63, 3.8) is 0 Å². The molecule has 0 fully saturated rings. The van der Waals surface area contributed by atoms with E-state index in [4.69, 9.17) is 5.84 Å². The number of hydrogen-bond donors (Lipinski definition) is 1. The summed E-state index contributed by atoms with van der Waals surface area (Å²) in [5, 5.41) is 1.52. The zero-order valence-electron chi connectivity index (χ0n) is 12.3. The average Bonchev–Trinajstić information content (AvgIpc) is 2.61. The Balaban J connectivity index is 2.42. The lowest BCUT2D eigenvalue weighted by atomic mass is 9.96. The molecule has 2 N–H and O–H groups in total. The van der Waals surface area contributed by atoms with Crippen molar-refractivity contribution in [2.75, 3.05) is 4.55 Å². The van der Waals surface area contributed by atoms with Gasteiger partial charge in [-0.3, -0.25) is 19.6 Å². The van der Waals surface area contributed by atoms with Gasteiger partial charge in [0.1, 0.15) is 18.9 Å². The molecule has 0 bridgehead atoms. The van der Waals surface area contributed by atoms with Crippen molar-refractivity contribution in [3.05, 3.63) is 70.8 Å². The van der Waals surface area contributed by atoms with Crippen molar-refractivity contribution in [2.45, 2.75) is 6.04 Å². The minimum absolute atomic E-state index is 0.261. The topological polar surface area (TPSA) is 75.8 Å². The van der Waals surface area contributed by atoms with Gasteiger partial charge < -0.3 is 0 Å². The highest BCUT2D eigenvalue weighted by Crippen LogP contribution is 2.26. The average molecular weight is 421 g/mol. The molecule has 0 heterocycles. The van der Waals surface area contributed by atoms with Crippen LogP contribution in [0.1, 0.15) is 37.9 Å². The Morgan fingerprint density at radius 2 is 1.39 bits per heavy atom. The largest absolute Gasteiger partial charge is 0.298 e. The second-order valence-corrected chi connectivity index (χ2v) is 5.52. The number of hydrazine groups is 1. The predicted molar refractivity (Wildman–Crippen MR) is 98.9 cm³/mol. The number of nitrogens with zero attached hydrogens (tertiary/aromatic N) is 2. The molecule has 23 heavy (non-hydrogen) atoms. The number of nitrogens with two attached hydrogens (primary N) is 1. The van der Waals surface area contributed by atoms with Crippen molar-refractivity contribution in [1.29, 1.82) is 0 Å². The summed E-state index contributed by atoms with van der Waals surface area (Å²) in [5.74, 6) is 6.15. The van der Waals surface area contributed by atoms with Gasteiger partial charge in [0.15, 0.2) is 0 Å². The Kier molecular flexibility index (Phi) is 6.42. The minimum atomic E-state index is -0.261. The fourth-order valence-corrected chi connectivity index (χ4v) is 2.42. The molecule has 0 amide bonds. The third-order valence-electron chi connectivity index (χ3n) is 3.36. The summed E-state index contributed by atoms with van der Waals surface area (Å²) in [5.41, 5.74) is 3.07. The lowest BCUT2D eigenvalue weighted by molar-refractivity contribution is 0.111. The highest BCUT2D eigenvalue weighted by Gasteiger charge is 2.18. The van der Waals surface area contributed by atoms with Gasteiger partial charge >= 0.3 is 0 Å². The van der Waals surface area contributed by atoms with E-state index in [1.807, 2.05) is 24.3 Å². The van der Waals surface area contributed by atoms with E-state index in [1.54, 1.807) is 30.6 Å². The van der Waals surface area contributed by atoms with Gasteiger partial charge in [-0.15, -0.1) is 0 Å². The molecule has 0 unspecified atom stereocenters. The molecule has 2 rings (SSSR count). The van der Waals surface area contributed by atoms with Crippen molar-refractivity contribution in [1.82, 2.24) is 5.01 Å². The fraction of sp³-hybridized carbons (Fsp3) is 0.118. The first-order valence-electron chi connectivity index (χ1n) is 6.89. The fourth-order valence-electron chi connectivity index (χ4n) is 2.24. The standard InChI is InChI=1S/C17H16IN3O2/c18-11-20-12-21(19)17(15-5-1-13(9-22)2-6-15)16-7-3-14(10-23)4-8-16/h1-10,12,17H,11,19H2. The molecule has 0 atom stereocenters. The molecular weight excluding hydrogens is 405 g/mol. The Bertz CT molecular complexity index is 632. The number of carbonyl (C=O) groups excluding carboxylic acids is 2. The Hall–Kier alpha value is -2.06. The molecule has 0 aromatic heterocycles. The van der Waals surface area contributed by atoms with Crippen LogP contribution < -0.4 is 5.84 Å². The molecule has 2 aromatic carbocycles. The van der Waals surface area contributed by atoms with E-state index in [0.717, 1.165) is 23.7 Å². The van der Waals surface area contributed by atoms with Crippen LogP contribution in [0.25, 0.3) is 0 Å². The van der Waals surface area contributed by atoms with Crippen LogP contribution in [-0.2, 0) is 0 Å². The van der Waals surface area contributed by atoms with Crippen molar-refractivity contribution >= 4 is 41.5 Å². The van der Waals surface area contributed by atoms with Crippen LogP contribution in [0.4, 0.5) is 0 Å². The van der Waals surface area contributed by atoms with E-state index < -0.39 is 0 Å². The molecule has 0 saturated carbocycles. The van der Waals surface area contributed by atoms with E-state index in [2.05, 4.69) is 27.6 Å². The summed E-state index contributed by atoms with van der Waals surface area (Å²) in [6, 6.07) is 14.2. The summed E-state index contributed by atoms with van der Waals surface area (Å²) in [7, 11) is 0. The minimum Gasteiger partial charge on any atom is -0.298 e. The Labute approximate surface area is 148 Å². The first kappa shape index (κ1) is 17.3. The zero-order chi connectivity index (χ0) is 16.7. The SMILES string of the molecule is NN(C=NCI)C(c1ccc(C=O)cc1)c1ccc(C=O)cc1. The van der Waals surface area contributed by atoms with Gasteiger partial charge in [-0.25, -0.2) is 5.84 Å².